The van der Waals surface area contributed by atoms with E-state index in [1.54, 1.807) is 19.1 Å². The number of benzene rings is 1. The summed E-state index contributed by atoms with van der Waals surface area (Å²) in [5.41, 5.74) is 0.634. The standard InChI is InChI=1S/C14H20ClNO3S/c1-10-7-13(15)5-6-14(10)20(18,19)16-8-11-3-2-4-12(11)9-17/h5-7,11-12,16-17H,2-4,8-9H2,1H3. The van der Waals surface area contributed by atoms with Crippen LogP contribution in [0.25, 0.3) is 0 Å². The van der Waals surface area contributed by atoms with Crippen LogP contribution in [0.15, 0.2) is 23.1 Å². The lowest BCUT2D eigenvalue weighted by Crippen LogP contribution is -2.32. The predicted octanol–water partition coefficient (Wildman–Crippen LogP) is 2.34. The van der Waals surface area contributed by atoms with Gasteiger partial charge in [-0.05, 0) is 55.4 Å². The van der Waals surface area contributed by atoms with E-state index in [1.807, 2.05) is 0 Å². The minimum Gasteiger partial charge on any atom is -0.396 e. The zero-order valence-electron chi connectivity index (χ0n) is 11.5. The first kappa shape index (κ1) is 15.8. The topological polar surface area (TPSA) is 66.4 Å². The molecular formula is C14H20ClNO3S. The van der Waals surface area contributed by atoms with Gasteiger partial charge in [0.2, 0.25) is 10.0 Å². The summed E-state index contributed by atoms with van der Waals surface area (Å²) >= 11 is 5.84. The van der Waals surface area contributed by atoms with E-state index in [0.29, 0.717) is 17.1 Å². The average Bonchev–Trinajstić information content (AvgIpc) is 2.83. The Balaban J connectivity index is 2.07. The van der Waals surface area contributed by atoms with E-state index in [0.717, 1.165) is 19.3 Å². The first-order valence-corrected chi connectivity index (χ1v) is 8.67. The number of sulfonamides is 1. The van der Waals surface area contributed by atoms with E-state index in [1.165, 1.54) is 6.07 Å². The number of aliphatic hydroxyl groups excluding tert-OH is 1. The lowest BCUT2D eigenvalue weighted by atomic mass is 9.97. The smallest absolute Gasteiger partial charge is 0.240 e. The molecule has 1 aromatic carbocycles. The van der Waals surface area contributed by atoms with Crippen LogP contribution in [-0.2, 0) is 10.0 Å². The maximum atomic E-state index is 12.3. The Hall–Kier alpha value is -0.620. The summed E-state index contributed by atoms with van der Waals surface area (Å²) in [5.74, 6) is 0.436. The van der Waals surface area contributed by atoms with Crippen molar-refractivity contribution in [3.8, 4) is 0 Å². The van der Waals surface area contributed by atoms with E-state index in [2.05, 4.69) is 4.72 Å². The average molecular weight is 318 g/mol. The van der Waals surface area contributed by atoms with Crippen LogP contribution in [0.1, 0.15) is 24.8 Å². The molecule has 0 aliphatic heterocycles. The van der Waals surface area contributed by atoms with E-state index < -0.39 is 10.0 Å². The summed E-state index contributed by atoms with van der Waals surface area (Å²) in [6, 6.07) is 4.75. The molecule has 0 spiro atoms. The molecular weight excluding hydrogens is 298 g/mol. The quantitative estimate of drug-likeness (QED) is 0.876. The van der Waals surface area contributed by atoms with Crippen LogP contribution in [0.4, 0.5) is 0 Å². The van der Waals surface area contributed by atoms with Crippen molar-refractivity contribution in [2.75, 3.05) is 13.2 Å². The van der Waals surface area contributed by atoms with E-state index in [9.17, 15) is 13.5 Å². The molecule has 1 aliphatic carbocycles. The van der Waals surface area contributed by atoms with Crippen LogP contribution in [0, 0.1) is 18.8 Å². The molecule has 1 aromatic rings. The van der Waals surface area contributed by atoms with Crippen LogP contribution >= 0.6 is 11.6 Å². The first-order chi connectivity index (χ1) is 9.44. The van der Waals surface area contributed by atoms with Crippen molar-refractivity contribution < 1.29 is 13.5 Å². The van der Waals surface area contributed by atoms with Gasteiger partial charge in [0, 0.05) is 18.2 Å². The van der Waals surface area contributed by atoms with Gasteiger partial charge in [-0.2, -0.15) is 0 Å². The maximum Gasteiger partial charge on any atom is 0.240 e. The third-order valence-electron chi connectivity index (χ3n) is 4.01. The molecule has 1 aliphatic rings. The zero-order chi connectivity index (χ0) is 14.8. The number of nitrogens with one attached hydrogen (secondary N) is 1. The molecule has 2 N–H and O–H groups in total. The molecule has 0 bridgehead atoms. The molecule has 0 amide bonds. The summed E-state index contributed by atoms with van der Waals surface area (Å²) in [6.07, 6.45) is 2.99. The molecule has 112 valence electrons. The van der Waals surface area contributed by atoms with Gasteiger partial charge in [-0.15, -0.1) is 0 Å². The first-order valence-electron chi connectivity index (χ1n) is 6.80. The Morgan fingerprint density at radius 1 is 1.35 bits per heavy atom. The van der Waals surface area contributed by atoms with Gasteiger partial charge in [0.05, 0.1) is 4.90 Å². The Morgan fingerprint density at radius 2 is 2.05 bits per heavy atom. The second-order valence-corrected chi connectivity index (χ2v) is 7.57. The number of halogens is 1. The number of hydrogen-bond donors (Lipinski definition) is 2. The van der Waals surface area contributed by atoms with Crippen molar-refractivity contribution in [2.24, 2.45) is 11.8 Å². The molecule has 20 heavy (non-hydrogen) atoms. The Labute approximate surface area is 125 Å². The molecule has 0 aromatic heterocycles. The number of rotatable bonds is 5. The molecule has 0 radical (unpaired) electrons. The highest BCUT2D eigenvalue weighted by molar-refractivity contribution is 7.89. The highest BCUT2D eigenvalue weighted by atomic mass is 35.5. The molecule has 1 fully saturated rings. The van der Waals surface area contributed by atoms with Gasteiger partial charge in [0.1, 0.15) is 0 Å². The van der Waals surface area contributed by atoms with Gasteiger partial charge in [-0.25, -0.2) is 13.1 Å². The van der Waals surface area contributed by atoms with Crippen molar-refractivity contribution in [3.63, 3.8) is 0 Å². The summed E-state index contributed by atoms with van der Waals surface area (Å²) < 4.78 is 27.3. The number of aryl methyl sites for hydroxylation is 1. The van der Waals surface area contributed by atoms with E-state index in [-0.39, 0.29) is 23.3 Å². The van der Waals surface area contributed by atoms with Crippen LogP contribution in [0.3, 0.4) is 0 Å². The van der Waals surface area contributed by atoms with Crippen LogP contribution in [0.5, 0.6) is 0 Å². The predicted molar refractivity (Wildman–Crippen MR) is 79.3 cm³/mol. The van der Waals surface area contributed by atoms with Crippen molar-refractivity contribution >= 4 is 21.6 Å². The van der Waals surface area contributed by atoms with Crippen molar-refractivity contribution in [1.82, 2.24) is 4.72 Å². The number of aliphatic hydroxyl groups is 1. The summed E-state index contributed by atoms with van der Waals surface area (Å²) in [5, 5.41) is 9.79. The van der Waals surface area contributed by atoms with Crippen LogP contribution in [0.2, 0.25) is 5.02 Å². The normalized spacial score (nSPS) is 23.1. The summed E-state index contributed by atoms with van der Waals surface area (Å²) in [4.78, 5) is 0.264. The Kier molecular flexibility index (Phi) is 5.07. The largest absolute Gasteiger partial charge is 0.396 e. The van der Waals surface area contributed by atoms with Gasteiger partial charge in [-0.1, -0.05) is 18.0 Å². The fourth-order valence-electron chi connectivity index (χ4n) is 2.83. The van der Waals surface area contributed by atoms with Crippen LogP contribution in [-0.4, -0.2) is 26.7 Å². The lowest BCUT2D eigenvalue weighted by molar-refractivity contribution is 0.195. The molecule has 2 rings (SSSR count). The summed E-state index contributed by atoms with van der Waals surface area (Å²) in [6.45, 7) is 2.24. The second-order valence-electron chi connectivity index (χ2n) is 5.40. The van der Waals surface area contributed by atoms with E-state index in [4.69, 9.17) is 11.6 Å². The molecule has 6 heteroatoms. The van der Waals surface area contributed by atoms with Gasteiger partial charge in [0.15, 0.2) is 0 Å². The minimum atomic E-state index is -3.52. The molecule has 0 heterocycles. The lowest BCUT2D eigenvalue weighted by Gasteiger charge is -2.18. The second kappa shape index (κ2) is 6.43. The van der Waals surface area contributed by atoms with Gasteiger partial charge in [-0.3, -0.25) is 0 Å². The zero-order valence-corrected chi connectivity index (χ0v) is 13.0. The SMILES string of the molecule is Cc1cc(Cl)ccc1S(=O)(=O)NCC1CCCC1CO. The molecule has 2 unspecified atom stereocenters. The third kappa shape index (κ3) is 3.52. The minimum absolute atomic E-state index is 0.131. The third-order valence-corrected chi connectivity index (χ3v) is 5.83. The molecule has 1 saturated carbocycles. The Bertz CT molecular complexity index is 574. The maximum absolute atomic E-state index is 12.3. The monoisotopic (exact) mass is 317 g/mol. The van der Waals surface area contributed by atoms with Gasteiger partial charge < -0.3 is 5.11 Å². The van der Waals surface area contributed by atoms with Crippen LogP contribution < -0.4 is 4.72 Å². The summed E-state index contributed by atoms with van der Waals surface area (Å²) in [7, 11) is -3.52. The van der Waals surface area contributed by atoms with Crippen molar-refractivity contribution in [2.45, 2.75) is 31.1 Å². The highest BCUT2D eigenvalue weighted by Crippen LogP contribution is 2.31. The number of hydrogen-bond acceptors (Lipinski definition) is 3. The highest BCUT2D eigenvalue weighted by Gasteiger charge is 2.28. The van der Waals surface area contributed by atoms with Crippen molar-refractivity contribution in [1.29, 1.82) is 0 Å². The van der Waals surface area contributed by atoms with Gasteiger partial charge in [0.25, 0.3) is 0 Å². The molecule has 2 atom stereocenters. The Morgan fingerprint density at radius 3 is 2.70 bits per heavy atom. The molecule has 0 saturated heterocycles. The fourth-order valence-corrected chi connectivity index (χ4v) is 4.38. The van der Waals surface area contributed by atoms with Gasteiger partial charge >= 0.3 is 0 Å². The molecule has 4 nitrogen and oxygen atoms in total. The van der Waals surface area contributed by atoms with Crippen molar-refractivity contribution in [3.05, 3.63) is 28.8 Å². The van der Waals surface area contributed by atoms with E-state index >= 15 is 0 Å². The fraction of sp³-hybridized carbons (Fsp3) is 0.571.